The van der Waals surface area contributed by atoms with E-state index in [2.05, 4.69) is 67.7 Å². The summed E-state index contributed by atoms with van der Waals surface area (Å²) in [4.78, 5) is 0. The fraction of sp³-hybridized carbons (Fsp3) is 0.280. The smallest absolute Gasteiger partial charge is 0.161 e. The van der Waals surface area contributed by atoms with Crippen molar-refractivity contribution in [3.63, 3.8) is 0 Å². The molecule has 3 heteroatoms. The van der Waals surface area contributed by atoms with Crippen molar-refractivity contribution < 1.29 is 9.47 Å². The van der Waals surface area contributed by atoms with E-state index in [1.807, 2.05) is 31.2 Å². The number of aryl methyl sites for hydroxylation is 1. The minimum Gasteiger partial charge on any atom is -0.490 e. The standard InChI is InChI=1S/C25H29NO2/c1-4-27-25-16-21(17-26-20(3)22-11-6-5-7-12-22)14-15-24(25)28-18-23-13-9-8-10-19(23)2/h5-16,20,26H,4,17-18H2,1-3H3. The lowest BCUT2D eigenvalue weighted by Crippen LogP contribution is -2.18. The zero-order valence-corrected chi connectivity index (χ0v) is 16.9. The molecule has 0 saturated carbocycles. The molecule has 0 saturated heterocycles. The molecule has 0 fully saturated rings. The Balaban J connectivity index is 1.65. The van der Waals surface area contributed by atoms with Crippen LogP contribution < -0.4 is 14.8 Å². The Morgan fingerprint density at radius 3 is 2.36 bits per heavy atom. The van der Waals surface area contributed by atoms with Crippen molar-refractivity contribution in [2.24, 2.45) is 0 Å². The van der Waals surface area contributed by atoms with Crippen LogP contribution in [0.4, 0.5) is 0 Å². The van der Waals surface area contributed by atoms with Crippen LogP contribution in [0.1, 0.15) is 42.1 Å². The molecule has 0 heterocycles. The van der Waals surface area contributed by atoms with E-state index in [1.54, 1.807) is 0 Å². The van der Waals surface area contributed by atoms with Gasteiger partial charge in [-0.1, -0.05) is 60.7 Å². The third kappa shape index (κ3) is 5.37. The summed E-state index contributed by atoms with van der Waals surface area (Å²) in [5.41, 5.74) is 4.88. The molecular weight excluding hydrogens is 346 g/mol. The van der Waals surface area contributed by atoms with Crippen molar-refractivity contribution in [1.82, 2.24) is 5.32 Å². The van der Waals surface area contributed by atoms with E-state index in [9.17, 15) is 0 Å². The van der Waals surface area contributed by atoms with E-state index in [0.717, 1.165) is 18.0 Å². The Hall–Kier alpha value is -2.78. The van der Waals surface area contributed by atoms with Gasteiger partial charge < -0.3 is 14.8 Å². The second kappa shape index (κ2) is 9.95. The molecule has 146 valence electrons. The summed E-state index contributed by atoms with van der Waals surface area (Å²) in [6.45, 7) is 8.19. The van der Waals surface area contributed by atoms with Gasteiger partial charge >= 0.3 is 0 Å². The minimum atomic E-state index is 0.286. The van der Waals surface area contributed by atoms with E-state index in [4.69, 9.17) is 9.47 Å². The van der Waals surface area contributed by atoms with E-state index in [0.29, 0.717) is 13.2 Å². The summed E-state index contributed by atoms with van der Waals surface area (Å²) in [6.07, 6.45) is 0. The second-order valence-electron chi connectivity index (χ2n) is 6.94. The molecular formula is C25H29NO2. The van der Waals surface area contributed by atoms with Crippen molar-refractivity contribution in [1.29, 1.82) is 0 Å². The summed E-state index contributed by atoms with van der Waals surface area (Å²) in [6, 6.07) is 25.2. The first-order chi connectivity index (χ1) is 13.7. The Bertz CT molecular complexity index is 877. The lowest BCUT2D eigenvalue weighted by atomic mass is 10.1. The van der Waals surface area contributed by atoms with Crippen LogP contribution in [-0.2, 0) is 13.2 Å². The first kappa shape index (κ1) is 20.0. The van der Waals surface area contributed by atoms with Crippen LogP contribution in [-0.4, -0.2) is 6.61 Å². The zero-order valence-electron chi connectivity index (χ0n) is 16.9. The highest BCUT2D eigenvalue weighted by Crippen LogP contribution is 2.30. The maximum absolute atomic E-state index is 6.06. The highest BCUT2D eigenvalue weighted by Gasteiger charge is 2.09. The van der Waals surface area contributed by atoms with E-state index in [1.165, 1.54) is 22.3 Å². The van der Waals surface area contributed by atoms with Crippen molar-refractivity contribution in [2.45, 2.75) is 40.0 Å². The third-order valence-corrected chi connectivity index (χ3v) is 4.86. The molecule has 0 spiro atoms. The quantitative estimate of drug-likeness (QED) is 0.511. The van der Waals surface area contributed by atoms with Gasteiger partial charge in [0, 0.05) is 12.6 Å². The third-order valence-electron chi connectivity index (χ3n) is 4.86. The fourth-order valence-electron chi connectivity index (χ4n) is 3.11. The summed E-state index contributed by atoms with van der Waals surface area (Å²) in [5.74, 6) is 1.58. The molecule has 1 atom stereocenters. The maximum atomic E-state index is 6.06. The van der Waals surface area contributed by atoms with Crippen LogP contribution in [0.15, 0.2) is 72.8 Å². The number of hydrogen-bond donors (Lipinski definition) is 1. The summed E-state index contributed by atoms with van der Waals surface area (Å²) >= 11 is 0. The topological polar surface area (TPSA) is 30.5 Å². The van der Waals surface area contributed by atoms with E-state index in [-0.39, 0.29) is 6.04 Å². The molecule has 1 N–H and O–H groups in total. The van der Waals surface area contributed by atoms with Gasteiger partial charge in [-0.05, 0) is 55.2 Å². The van der Waals surface area contributed by atoms with Crippen molar-refractivity contribution in [2.75, 3.05) is 6.61 Å². The van der Waals surface area contributed by atoms with Crippen LogP contribution >= 0.6 is 0 Å². The van der Waals surface area contributed by atoms with Gasteiger partial charge in [0.25, 0.3) is 0 Å². The predicted octanol–water partition coefficient (Wildman–Crippen LogP) is 5.82. The molecule has 0 radical (unpaired) electrons. The number of benzene rings is 3. The minimum absolute atomic E-state index is 0.286. The van der Waals surface area contributed by atoms with Gasteiger partial charge in [-0.25, -0.2) is 0 Å². The van der Waals surface area contributed by atoms with Gasteiger partial charge in [-0.15, -0.1) is 0 Å². The molecule has 0 bridgehead atoms. The Morgan fingerprint density at radius 2 is 1.61 bits per heavy atom. The fourth-order valence-corrected chi connectivity index (χ4v) is 3.11. The van der Waals surface area contributed by atoms with Crippen LogP contribution in [0.5, 0.6) is 11.5 Å². The molecule has 28 heavy (non-hydrogen) atoms. The molecule has 0 aliphatic heterocycles. The van der Waals surface area contributed by atoms with Gasteiger partial charge in [-0.3, -0.25) is 0 Å². The predicted molar refractivity (Wildman–Crippen MR) is 115 cm³/mol. The summed E-state index contributed by atoms with van der Waals surface area (Å²) < 4.78 is 11.9. The number of nitrogens with one attached hydrogen (secondary N) is 1. The van der Waals surface area contributed by atoms with E-state index < -0.39 is 0 Å². The molecule has 3 aromatic carbocycles. The zero-order chi connectivity index (χ0) is 19.8. The maximum Gasteiger partial charge on any atom is 0.161 e. The van der Waals surface area contributed by atoms with Crippen molar-refractivity contribution in [3.05, 3.63) is 95.1 Å². The van der Waals surface area contributed by atoms with Crippen molar-refractivity contribution >= 4 is 0 Å². The lowest BCUT2D eigenvalue weighted by molar-refractivity contribution is 0.268. The Kier molecular flexibility index (Phi) is 7.10. The van der Waals surface area contributed by atoms with Crippen LogP contribution in [0.25, 0.3) is 0 Å². The van der Waals surface area contributed by atoms with Gasteiger partial charge in [0.05, 0.1) is 6.61 Å². The molecule has 0 aliphatic carbocycles. The van der Waals surface area contributed by atoms with E-state index >= 15 is 0 Å². The molecule has 0 amide bonds. The number of hydrogen-bond acceptors (Lipinski definition) is 3. The lowest BCUT2D eigenvalue weighted by Gasteiger charge is -2.17. The molecule has 0 aromatic heterocycles. The van der Waals surface area contributed by atoms with Gasteiger partial charge in [-0.2, -0.15) is 0 Å². The summed E-state index contributed by atoms with van der Waals surface area (Å²) in [7, 11) is 0. The Labute approximate surface area is 168 Å². The second-order valence-corrected chi connectivity index (χ2v) is 6.94. The summed E-state index contributed by atoms with van der Waals surface area (Å²) in [5, 5.41) is 3.57. The average Bonchev–Trinajstić information content (AvgIpc) is 2.73. The highest BCUT2D eigenvalue weighted by molar-refractivity contribution is 5.43. The van der Waals surface area contributed by atoms with Gasteiger partial charge in [0.1, 0.15) is 6.61 Å². The molecule has 3 rings (SSSR count). The first-order valence-electron chi connectivity index (χ1n) is 9.88. The average molecular weight is 376 g/mol. The molecule has 3 aromatic rings. The monoisotopic (exact) mass is 375 g/mol. The van der Waals surface area contributed by atoms with Gasteiger partial charge in [0.2, 0.25) is 0 Å². The van der Waals surface area contributed by atoms with Crippen LogP contribution in [0, 0.1) is 6.92 Å². The van der Waals surface area contributed by atoms with Crippen LogP contribution in [0.2, 0.25) is 0 Å². The van der Waals surface area contributed by atoms with Gasteiger partial charge in [0.15, 0.2) is 11.5 Å². The molecule has 1 unspecified atom stereocenters. The Morgan fingerprint density at radius 1 is 0.857 bits per heavy atom. The first-order valence-corrected chi connectivity index (χ1v) is 9.88. The number of ether oxygens (including phenoxy) is 2. The normalized spacial score (nSPS) is 11.8. The largest absolute Gasteiger partial charge is 0.490 e. The SMILES string of the molecule is CCOc1cc(CNC(C)c2ccccc2)ccc1OCc1ccccc1C. The molecule has 0 aliphatic rings. The molecule has 3 nitrogen and oxygen atoms in total. The number of rotatable bonds is 9. The highest BCUT2D eigenvalue weighted by atomic mass is 16.5. The van der Waals surface area contributed by atoms with Crippen LogP contribution in [0.3, 0.4) is 0 Å². The van der Waals surface area contributed by atoms with Crippen molar-refractivity contribution in [3.8, 4) is 11.5 Å².